The molecular weight excluding hydrogens is 472 g/mol. The monoisotopic (exact) mass is 490 g/mol. The lowest BCUT2D eigenvalue weighted by molar-refractivity contribution is -0.147. The molecule has 1 aliphatic rings. The van der Waals surface area contributed by atoms with Gasteiger partial charge in [-0.3, -0.25) is 9.47 Å². The highest BCUT2D eigenvalue weighted by molar-refractivity contribution is 9.10. The molecule has 10 heteroatoms. The van der Waals surface area contributed by atoms with E-state index >= 15 is 0 Å². The van der Waals surface area contributed by atoms with Crippen molar-refractivity contribution in [1.29, 1.82) is 0 Å². The van der Waals surface area contributed by atoms with Crippen LogP contribution in [0.25, 0.3) is 5.00 Å². The standard InChI is InChI=1S/C20H19BrN4O4S/c1-11-15(21)14-9-24(20(27)29-10-13-7-5-4-6-8-13)16(19(26)28-3)17-23-22-12(2)25(17)18(14)30-11/h4-8,16H,9-10H2,1-3H3/t16-/m1/s1. The number of fused-ring (bicyclic) bond motifs is 3. The smallest absolute Gasteiger partial charge is 0.411 e. The molecule has 0 N–H and O–H groups in total. The molecule has 0 radical (unpaired) electrons. The maximum Gasteiger partial charge on any atom is 0.411 e. The van der Waals surface area contributed by atoms with Crippen LogP contribution >= 0.6 is 27.3 Å². The summed E-state index contributed by atoms with van der Waals surface area (Å²) in [6.45, 7) is 4.04. The van der Waals surface area contributed by atoms with E-state index in [1.54, 1.807) is 18.3 Å². The zero-order valence-corrected chi connectivity index (χ0v) is 19.0. The molecule has 1 aliphatic heterocycles. The average Bonchev–Trinajstić information content (AvgIpc) is 3.20. The molecule has 1 amide bonds. The van der Waals surface area contributed by atoms with Crippen molar-refractivity contribution in [2.75, 3.05) is 7.11 Å². The third-order valence-electron chi connectivity index (χ3n) is 4.88. The Morgan fingerprint density at radius 1 is 1.23 bits per heavy atom. The fraction of sp³-hybridized carbons (Fsp3) is 0.300. The summed E-state index contributed by atoms with van der Waals surface area (Å²) in [5.74, 6) is 0.334. The zero-order valence-electron chi connectivity index (χ0n) is 16.6. The molecule has 0 bridgehead atoms. The highest BCUT2D eigenvalue weighted by Gasteiger charge is 2.42. The van der Waals surface area contributed by atoms with E-state index in [1.807, 2.05) is 41.8 Å². The number of benzene rings is 1. The molecule has 1 atom stereocenters. The van der Waals surface area contributed by atoms with Crippen LogP contribution < -0.4 is 0 Å². The third-order valence-corrected chi connectivity index (χ3v) is 7.35. The minimum absolute atomic E-state index is 0.0898. The fourth-order valence-corrected chi connectivity index (χ4v) is 5.20. The molecule has 0 saturated carbocycles. The lowest BCUT2D eigenvalue weighted by Gasteiger charge is -2.26. The van der Waals surface area contributed by atoms with Crippen LogP contribution in [-0.4, -0.2) is 38.8 Å². The minimum Gasteiger partial charge on any atom is -0.467 e. The number of carbonyl (C=O) groups is 2. The van der Waals surface area contributed by atoms with Crippen LogP contribution in [0.3, 0.4) is 0 Å². The Balaban J connectivity index is 1.77. The molecule has 1 aromatic carbocycles. The Labute approximate surface area is 185 Å². The van der Waals surface area contributed by atoms with Crippen LogP contribution in [0, 0.1) is 13.8 Å². The normalized spacial score (nSPS) is 15.2. The van der Waals surface area contributed by atoms with Gasteiger partial charge >= 0.3 is 12.1 Å². The van der Waals surface area contributed by atoms with Gasteiger partial charge in [0.05, 0.1) is 13.7 Å². The van der Waals surface area contributed by atoms with Gasteiger partial charge in [0, 0.05) is 14.9 Å². The van der Waals surface area contributed by atoms with E-state index < -0.39 is 18.1 Å². The molecule has 2 aromatic heterocycles. The van der Waals surface area contributed by atoms with E-state index in [4.69, 9.17) is 9.47 Å². The van der Waals surface area contributed by atoms with Gasteiger partial charge in [-0.25, -0.2) is 9.59 Å². The van der Waals surface area contributed by atoms with Crippen molar-refractivity contribution in [3.05, 3.63) is 62.5 Å². The number of rotatable bonds is 3. The number of thiophene rings is 1. The third kappa shape index (κ3) is 3.50. The average molecular weight is 491 g/mol. The first-order chi connectivity index (χ1) is 14.4. The zero-order chi connectivity index (χ0) is 21.4. The van der Waals surface area contributed by atoms with Gasteiger partial charge in [0.25, 0.3) is 0 Å². The van der Waals surface area contributed by atoms with Crippen molar-refractivity contribution < 1.29 is 19.1 Å². The number of aromatic nitrogens is 3. The van der Waals surface area contributed by atoms with Gasteiger partial charge < -0.3 is 9.47 Å². The predicted octanol–water partition coefficient (Wildman–Crippen LogP) is 4.07. The van der Waals surface area contributed by atoms with Gasteiger partial charge in [-0.15, -0.1) is 21.5 Å². The molecule has 0 unspecified atom stereocenters. The number of ether oxygens (including phenoxy) is 2. The Morgan fingerprint density at radius 3 is 2.67 bits per heavy atom. The summed E-state index contributed by atoms with van der Waals surface area (Å²) < 4.78 is 13.2. The summed E-state index contributed by atoms with van der Waals surface area (Å²) in [5, 5.41) is 9.22. The second-order valence-electron chi connectivity index (χ2n) is 6.79. The number of halogens is 1. The van der Waals surface area contributed by atoms with Gasteiger partial charge in [-0.2, -0.15) is 0 Å². The van der Waals surface area contributed by atoms with Crippen LogP contribution in [0.5, 0.6) is 0 Å². The number of aryl methyl sites for hydroxylation is 2. The molecule has 3 aromatic rings. The highest BCUT2D eigenvalue weighted by Crippen LogP contribution is 2.42. The Morgan fingerprint density at radius 2 is 1.97 bits per heavy atom. The summed E-state index contributed by atoms with van der Waals surface area (Å²) in [5.41, 5.74) is 1.72. The van der Waals surface area contributed by atoms with E-state index in [2.05, 4.69) is 26.1 Å². The van der Waals surface area contributed by atoms with Crippen molar-refractivity contribution in [2.45, 2.75) is 33.0 Å². The van der Waals surface area contributed by atoms with Crippen LogP contribution in [0.1, 0.15) is 33.7 Å². The van der Waals surface area contributed by atoms with Crippen LogP contribution in [0.15, 0.2) is 34.8 Å². The van der Waals surface area contributed by atoms with Crippen molar-refractivity contribution in [3.63, 3.8) is 0 Å². The van der Waals surface area contributed by atoms with E-state index in [-0.39, 0.29) is 13.2 Å². The van der Waals surface area contributed by atoms with E-state index in [1.165, 1.54) is 12.0 Å². The van der Waals surface area contributed by atoms with E-state index in [9.17, 15) is 9.59 Å². The van der Waals surface area contributed by atoms with Crippen molar-refractivity contribution in [3.8, 4) is 5.00 Å². The molecule has 0 saturated heterocycles. The maximum atomic E-state index is 13.1. The number of hydrogen-bond acceptors (Lipinski definition) is 7. The molecule has 4 rings (SSSR count). The van der Waals surface area contributed by atoms with Crippen LogP contribution in [0.2, 0.25) is 0 Å². The largest absolute Gasteiger partial charge is 0.467 e. The number of methoxy groups -OCH3 is 1. The van der Waals surface area contributed by atoms with Gasteiger partial charge in [0.15, 0.2) is 11.9 Å². The molecule has 0 aliphatic carbocycles. The molecule has 156 valence electrons. The van der Waals surface area contributed by atoms with Crippen LogP contribution in [0.4, 0.5) is 4.79 Å². The van der Waals surface area contributed by atoms with Gasteiger partial charge in [-0.1, -0.05) is 30.3 Å². The summed E-state index contributed by atoms with van der Waals surface area (Å²) in [7, 11) is 1.28. The molecule has 3 heterocycles. The van der Waals surface area contributed by atoms with Gasteiger partial charge in [-0.05, 0) is 35.3 Å². The van der Waals surface area contributed by atoms with E-state index in [0.717, 1.165) is 25.5 Å². The first-order valence-electron chi connectivity index (χ1n) is 9.17. The van der Waals surface area contributed by atoms with Crippen molar-refractivity contribution in [2.24, 2.45) is 0 Å². The molecular formula is C20H19BrN4O4S. The molecule has 30 heavy (non-hydrogen) atoms. The Bertz CT molecular complexity index is 1110. The minimum atomic E-state index is -1.08. The Hall–Kier alpha value is -2.72. The second kappa shape index (κ2) is 8.19. The van der Waals surface area contributed by atoms with Crippen molar-refractivity contribution in [1.82, 2.24) is 19.7 Å². The maximum absolute atomic E-state index is 13.1. The Kier molecular flexibility index (Phi) is 5.61. The van der Waals surface area contributed by atoms with Crippen LogP contribution in [-0.2, 0) is 27.4 Å². The molecule has 8 nitrogen and oxygen atoms in total. The quantitative estimate of drug-likeness (QED) is 0.514. The fourth-order valence-electron chi connectivity index (χ4n) is 3.40. The number of nitrogens with zero attached hydrogens (tertiary/aromatic N) is 4. The topological polar surface area (TPSA) is 86.5 Å². The van der Waals surface area contributed by atoms with E-state index in [0.29, 0.717) is 11.6 Å². The summed E-state index contributed by atoms with van der Waals surface area (Å²) in [6.07, 6.45) is -0.634. The SMILES string of the molecule is COC(=O)[C@H]1c2nnc(C)n2-c2sc(C)c(Br)c2CN1C(=O)OCc1ccccc1. The predicted molar refractivity (Wildman–Crippen MR) is 113 cm³/mol. The van der Waals surface area contributed by atoms with Gasteiger partial charge in [0.1, 0.15) is 17.4 Å². The molecule has 0 fully saturated rings. The number of amides is 1. The molecule has 0 spiro atoms. The van der Waals surface area contributed by atoms with Crippen molar-refractivity contribution >= 4 is 39.3 Å². The number of esters is 1. The summed E-state index contributed by atoms with van der Waals surface area (Å²) in [4.78, 5) is 28.3. The summed E-state index contributed by atoms with van der Waals surface area (Å²) >= 11 is 5.17. The first kappa shape index (κ1) is 20.5. The highest BCUT2D eigenvalue weighted by atomic mass is 79.9. The van der Waals surface area contributed by atoms with Gasteiger partial charge in [0.2, 0.25) is 0 Å². The summed E-state index contributed by atoms with van der Waals surface area (Å²) in [6, 6.07) is 8.28. The number of hydrogen-bond donors (Lipinski definition) is 0. The first-order valence-corrected chi connectivity index (χ1v) is 10.8. The lowest BCUT2D eigenvalue weighted by Crippen LogP contribution is -2.39. The second-order valence-corrected chi connectivity index (χ2v) is 8.79. The lowest BCUT2D eigenvalue weighted by atomic mass is 10.2. The number of carbonyl (C=O) groups excluding carboxylic acids is 2.